The van der Waals surface area contributed by atoms with E-state index in [1.54, 1.807) is 24.3 Å². The number of halogens is 3. The second-order valence-electron chi connectivity index (χ2n) is 6.01. The van der Waals surface area contributed by atoms with Gasteiger partial charge in [-0.05, 0) is 42.0 Å². The first kappa shape index (κ1) is 19.1. The molecular formula is C19H14F3N5O. The Balaban J connectivity index is 1.81. The largest absolute Gasteiger partial charge is 0.416 e. The molecule has 0 aliphatic rings. The van der Waals surface area contributed by atoms with Gasteiger partial charge in [-0.15, -0.1) is 0 Å². The zero-order valence-corrected chi connectivity index (χ0v) is 14.7. The van der Waals surface area contributed by atoms with Crippen LogP contribution in [0.5, 0.6) is 0 Å². The number of benzene rings is 2. The Kier molecular flexibility index (Phi) is 5.13. The number of hydrogen-bond donors (Lipinski definition) is 0. The SMILES string of the molecule is CN(Cc1cccc(C(F)(F)F)c1)C(=O)c1ncnn1-c1ccc(C#N)cc1. The number of hydrogen-bond acceptors (Lipinski definition) is 4. The normalized spacial score (nSPS) is 11.1. The lowest BCUT2D eigenvalue weighted by atomic mass is 10.1. The Morgan fingerprint density at radius 1 is 1.21 bits per heavy atom. The molecule has 0 unspecified atom stereocenters. The minimum atomic E-state index is -4.45. The summed E-state index contributed by atoms with van der Waals surface area (Å²) < 4.78 is 39.9. The van der Waals surface area contributed by atoms with Crippen molar-refractivity contribution in [1.82, 2.24) is 19.7 Å². The van der Waals surface area contributed by atoms with Crippen LogP contribution in [-0.2, 0) is 12.7 Å². The lowest BCUT2D eigenvalue weighted by molar-refractivity contribution is -0.137. The van der Waals surface area contributed by atoms with E-state index in [4.69, 9.17) is 5.26 Å². The van der Waals surface area contributed by atoms with Crippen molar-refractivity contribution < 1.29 is 18.0 Å². The zero-order chi connectivity index (χ0) is 20.3. The van der Waals surface area contributed by atoms with E-state index in [9.17, 15) is 18.0 Å². The third-order valence-electron chi connectivity index (χ3n) is 4.00. The van der Waals surface area contributed by atoms with Crippen LogP contribution < -0.4 is 0 Å². The van der Waals surface area contributed by atoms with Gasteiger partial charge in [0.2, 0.25) is 5.82 Å². The van der Waals surface area contributed by atoms with Crippen LogP contribution in [0.3, 0.4) is 0 Å². The molecule has 6 nitrogen and oxygen atoms in total. The van der Waals surface area contributed by atoms with Gasteiger partial charge in [-0.3, -0.25) is 4.79 Å². The molecule has 1 amide bonds. The smallest absolute Gasteiger partial charge is 0.335 e. The summed E-state index contributed by atoms with van der Waals surface area (Å²) >= 11 is 0. The third-order valence-corrected chi connectivity index (χ3v) is 4.00. The second kappa shape index (κ2) is 7.52. The van der Waals surface area contributed by atoms with E-state index in [0.29, 0.717) is 16.8 Å². The molecule has 3 rings (SSSR count). The van der Waals surface area contributed by atoms with E-state index < -0.39 is 17.6 Å². The van der Waals surface area contributed by atoms with Crippen molar-refractivity contribution in [2.45, 2.75) is 12.7 Å². The van der Waals surface area contributed by atoms with Gasteiger partial charge in [-0.1, -0.05) is 12.1 Å². The van der Waals surface area contributed by atoms with Gasteiger partial charge in [0.05, 0.1) is 22.9 Å². The quantitative estimate of drug-likeness (QED) is 0.690. The molecule has 0 spiro atoms. The van der Waals surface area contributed by atoms with Crippen molar-refractivity contribution in [3.63, 3.8) is 0 Å². The minimum absolute atomic E-state index is 0.0131. The number of carbonyl (C=O) groups excluding carboxylic acids is 1. The van der Waals surface area contributed by atoms with Crippen LogP contribution in [0, 0.1) is 11.3 Å². The van der Waals surface area contributed by atoms with Gasteiger partial charge in [0.1, 0.15) is 6.33 Å². The molecule has 0 saturated carbocycles. The van der Waals surface area contributed by atoms with E-state index in [0.717, 1.165) is 12.1 Å². The number of amides is 1. The van der Waals surface area contributed by atoms with Crippen LogP contribution in [-0.4, -0.2) is 32.6 Å². The predicted octanol–water partition coefficient (Wildman–Crippen LogP) is 3.43. The molecule has 9 heteroatoms. The molecule has 0 fully saturated rings. The van der Waals surface area contributed by atoms with Crippen LogP contribution >= 0.6 is 0 Å². The van der Waals surface area contributed by atoms with Crippen molar-refractivity contribution in [3.05, 3.63) is 77.4 Å². The number of nitriles is 1. The summed E-state index contributed by atoms with van der Waals surface area (Å²) in [6, 6.07) is 13.2. The summed E-state index contributed by atoms with van der Waals surface area (Å²) in [5.41, 5.74) is 0.562. The molecule has 142 valence electrons. The van der Waals surface area contributed by atoms with Crippen LogP contribution in [0.15, 0.2) is 54.9 Å². The summed E-state index contributed by atoms with van der Waals surface area (Å²) in [6.45, 7) is -0.0248. The highest BCUT2D eigenvalue weighted by molar-refractivity contribution is 5.91. The van der Waals surface area contributed by atoms with Gasteiger partial charge in [0.25, 0.3) is 5.91 Å². The van der Waals surface area contributed by atoms with Gasteiger partial charge in [-0.2, -0.15) is 23.5 Å². The Morgan fingerprint density at radius 3 is 2.57 bits per heavy atom. The maximum atomic E-state index is 12.9. The second-order valence-corrected chi connectivity index (χ2v) is 6.01. The number of alkyl halides is 3. The molecular weight excluding hydrogens is 371 g/mol. The van der Waals surface area contributed by atoms with Crippen molar-refractivity contribution in [2.24, 2.45) is 0 Å². The summed E-state index contributed by atoms with van der Waals surface area (Å²) in [7, 11) is 1.47. The summed E-state index contributed by atoms with van der Waals surface area (Å²) in [5, 5.41) is 12.9. The van der Waals surface area contributed by atoms with Crippen LogP contribution in [0.4, 0.5) is 13.2 Å². The molecule has 0 radical (unpaired) electrons. The summed E-state index contributed by atoms with van der Waals surface area (Å²) in [6.07, 6.45) is -3.24. The lowest BCUT2D eigenvalue weighted by Gasteiger charge is -2.18. The molecule has 2 aromatic carbocycles. The predicted molar refractivity (Wildman–Crippen MR) is 93.3 cm³/mol. The van der Waals surface area contributed by atoms with Crippen LogP contribution in [0.2, 0.25) is 0 Å². The monoisotopic (exact) mass is 385 g/mol. The molecule has 3 aromatic rings. The number of aromatic nitrogens is 3. The highest BCUT2D eigenvalue weighted by Crippen LogP contribution is 2.29. The molecule has 0 aliphatic heterocycles. The van der Waals surface area contributed by atoms with Gasteiger partial charge in [-0.25, -0.2) is 9.67 Å². The van der Waals surface area contributed by atoms with E-state index >= 15 is 0 Å². The van der Waals surface area contributed by atoms with Crippen molar-refractivity contribution in [2.75, 3.05) is 7.05 Å². The Morgan fingerprint density at radius 2 is 1.93 bits per heavy atom. The molecule has 0 saturated heterocycles. The summed E-state index contributed by atoms with van der Waals surface area (Å²) in [4.78, 5) is 18.0. The average molecular weight is 385 g/mol. The van der Waals surface area contributed by atoms with Gasteiger partial charge in [0.15, 0.2) is 0 Å². The maximum absolute atomic E-state index is 12.9. The van der Waals surface area contributed by atoms with Crippen molar-refractivity contribution in [1.29, 1.82) is 5.26 Å². The molecule has 0 bridgehead atoms. The Hall–Kier alpha value is -3.67. The fourth-order valence-corrected chi connectivity index (χ4v) is 2.62. The third kappa shape index (κ3) is 4.01. The van der Waals surface area contributed by atoms with Gasteiger partial charge in [0, 0.05) is 13.6 Å². The van der Waals surface area contributed by atoms with E-state index in [1.807, 2.05) is 6.07 Å². The molecule has 28 heavy (non-hydrogen) atoms. The van der Waals surface area contributed by atoms with E-state index in [2.05, 4.69) is 10.1 Å². The lowest BCUT2D eigenvalue weighted by Crippen LogP contribution is -2.29. The van der Waals surface area contributed by atoms with E-state index in [1.165, 1.54) is 35.1 Å². The Bertz CT molecular complexity index is 1030. The van der Waals surface area contributed by atoms with Crippen LogP contribution in [0.25, 0.3) is 5.69 Å². The van der Waals surface area contributed by atoms with E-state index in [-0.39, 0.29) is 12.4 Å². The minimum Gasteiger partial charge on any atom is -0.335 e. The summed E-state index contributed by atoms with van der Waals surface area (Å²) in [5.74, 6) is -0.488. The topological polar surface area (TPSA) is 74.8 Å². The molecule has 0 N–H and O–H groups in total. The van der Waals surface area contributed by atoms with Crippen molar-refractivity contribution >= 4 is 5.91 Å². The number of rotatable bonds is 4. The number of nitrogens with zero attached hydrogens (tertiary/aromatic N) is 5. The fraction of sp³-hybridized carbons (Fsp3) is 0.158. The highest BCUT2D eigenvalue weighted by Gasteiger charge is 2.30. The van der Waals surface area contributed by atoms with Crippen molar-refractivity contribution in [3.8, 4) is 11.8 Å². The average Bonchev–Trinajstić information content (AvgIpc) is 3.16. The Labute approximate surface area is 158 Å². The molecule has 0 aliphatic carbocycles. The first-order valence-corrected chi connectivity index (χ1v) is 8.12. The molecule has 1 aromatic heterocycles. The number of carbonyl (C=O) groups is 1. The fourth-order valence-electron chi connectivity index (χ4n) is 2.62. The van der Waals surface area contributed by atoms with Crippen LogP contribution in [0.1, 0.15) is 27.3 Å². The highest BCUT2D eigenvalue weighted by atomic mass is 19.4. The van der Waals surface area contributed by atoms with Gasteiger partial charge >= 0.3 is 6.18 Å². The zero-order valence-electron chi connectivity index (χ0n) is 14.7. The molecule has 0 atom stereocenters. The molecule has 1 heterocycles. The maximum Gasteiger partial charge on any atom is 0.416 e. The standard InChI is InChI=1S/C19H14F3N5O/c1-26(11-14-3-2-4-15(9-14)19(20,21)22)18(28)17-24-12-25-27(17)16-7-5-13(10-23)6-8-16/h2-9,12H,11H2,1H3. The first-order valence-electron chi connectivity index (χ1n) is 8.12. The first-order chi connectivity index (χ1) is 13.3. The van der Waals surface area contributed by atoms with Gasteiger partial charge < -0.3 is 4.90 Å².